The van der Waals surface area contributed by atoms with Crippen molar-refractivity contribution in [3.8, 4) is 11.5 Å². The first-order chi connectivity index (χ1) is 19.1. The molecule has 39 heavy (non-hydrogen) atoms. The molecule has 0 radical (unpaired) electrons. The quantitative estimate of drug-likeness (QED) is 0.0793. The minimum absolute atomic E-state index is 0.113. The Balaban J connectivity index is 1.49. The van der Waals surface area contributed by atoms with Crippen LogP contribution in [0.25, 0.3) is 0 Å². The van der Waals surface area contributed by atoms with Crippen molar-refractivity contribution < 1.29 is 19.4 Å². The number of carbonyl (C=O) groups is 2. The van der Waals surface area contributed by atoms with Crippen LogP contribution in [-0.2, 0) is 9.59 Å². The third-order valence-corrected chi connectivity index (χ3v) is 6.89. The molecule has 3 N–H and O–H groups in total. The lowest BCUT2D eigenvalue weighted by atomic mass is 10.0. The maximum Gasteiger partial charge on any atom is 0.233 e. The van der Waals surface area contributed by atoms with E-state index >= 15 is 0 Å². The minimum atomic E-state index is -0.426. The summed E-state index contributed by atoms with van der Waals surface area (Å²) in [4.78, 5) is 24.5. The second-order valence-corrected chi connectivity index (χ2v) is 10.5. The van der Waals surface area contributed by atoms with Gasteiger partial charge in [-0.2, -0.15) is 0 Å². The van der Waals surface area contributed by atoms with Crippen LogP contribution in [0.5, 0.6) is 11.5 Å². The largest absolute Gasteiger partial charge is 0.508 e. The van der Waals surface area contributed by atoms with E-state index in [0.717, 1.165) is 12.8 Å². The fourth-order valence-electron chi connectivity index (χ4n) is 4.62. The Morgan fingerprint density at radius 2 is 1.13 bits per heavy atom. The highest BCUT2D eigenvalue weighted by molar-refractivity contribution is 6.08. The predicted molar refractivity (Wildman–Crippen MR) is 161 cm³/mol. The number of hydrogen-bond acceptors (Lipinski definition) is 4. The van der Waals surface area contributed by atoms with Crippen LogP contribution in [0.3, 0.4) is 0 Å². The Bertz CT molecular complexity index is 930. The van der Waals surface area contributed by atoms with Gasteiger partial charge in [-0.1, -0.05) is 115 Å². The SMILES string of the molecule is CCCCCCCCCCCCCCCCCCOc1ccccc1NC(=O)CC(=O)Nc1ccc(O)cc1. The van der Waals surface area contributed by atoms with Crippen molar-refractivity contribution in [2.75, 3.05) is 17.2 Å². The summed E-state index contributed by atoms with van der Waals surface area (Å²) in [6.07, 6.45) is 21.0. The van der Waals surface area contributed by atoms with Gasteiger partial charge in [0.2, 0.25) is 11.8 Å². The van der Waals surface area contributed by atoms with Gasteiger partial charge in [0.15, 0.2) is 0 Å². The van der Waals surface area contributed by atoms with E-state index in [4.69, 9.17) is 4.74 Å². The highest BCUT2D eigenvalue weighted by Crippen LogP contribution is 2.24. The highest BCUT2D eigenvalue weighted by Gasteiger charge is 2.12. The van der Waals surface area contributed by atoms with E-state index in [-0.39, 0.29) is 12.2 Å². The highest BCUT2D eigenvalue weighted by atomic mass is 16.5. The van der Waals surface area contributed by atoms with E-state index in [1.54, 1.807) is 18.2 Å². The smallest absolute Gasteiger partial charge is 0.233 e. The fourth-order valence-corrected chi connectivity index (χ4v) is 4.62. The number of aromatic hydroxyl groups is 1. The van der Waals surface area contributed by atoms with Gasteiger partial charge in [0.25, 0.3) is 0 Å². The van der Waals surface area contributed by atoms with Crippen LogP contribution in [-0.4, -0.2) is 23.5 Å². The fraction of sp³-hybridized carbons (Fsp3) is 0.576. The first kappa shape index (κ1) is 32.2. The first-order valence-electron chi connectivity index (χ1n) is 15.2. The molecule has 2 amide bonds. The number of phenols is 1. The van der Waals surface area contributed by atoms with Crippen LogP contribution in [0.2, 0.25) is 0 Å². The lowest BCUT2D eigenvalue weighted by molar-refractivity contribution is -0.123. The van der Waals surface area contributed by atoms with Gasteiger partial charge in [-0.3, -0.25) is 9.59 Å². The second kappa shape index (κ2) is 20.9. The molecule has 0 heterocycles. The number of rotatable bonds is 22. The van der Waals surface area contributed by atoms with Crippen molar-refractivity contribution in [3.05, 3.63) is 48.5 Å². The summed E-state index contributed by atoms with van der Waals surface area (Å²) in [6, 6.07) is 13.4. The number of hydrogen-bond donors (Lipinski definition) is 3. The molecule has 0 aliphatic heterocycles. The Morgan fingerprint density at radius 1 is 0.641 bits per heavy atom. The summed E-state index contributed by atoms with van der Waals surface area (Å²) in [6.45, 7) is 2.88. The van der Waals surface area contributed by atoms with Crippen LogP contribution in [0.4, 0.5) is 11.4 Å². The third kappa shape index (κ3) is 15.9. The van der Waals surface area contributed by atoms with Crippen molar-refractivity contribution in [1.29, 1.82) is 0 Å². The Kier molecular flexibility index (Phi) is 17.2. The van der Waals surface area contributed by atoms with E-state index < -0.39 is 11.8 Å². The Labute approximate surface area is 235 Å². The zero-order valence-electron chi connectivity index (χ0n) is 24.0. The molecular formula is C33H50N2O4. The Morgan fingerprint density at radius 3 is 1.69 bits per heavy atom. The summed E-state index contributed by atoms with van der Waals surface area (Å²) in [7, 11) is 0. The number of anilines is 2. The number of benzene rings is 2. The molecule has 0 saturated carbocycles. The molecule has 0 bridgehead atoms. The first-order valence-corrected chi connectivity index (χ1v) is 15.2. The van der Waals surface area contributed by atoms with E-state index in [1.807, 2.05) is 18.2 Å². The molecule has 2 aromatic carbocycles. The second-order valence-electron chi connectivity index (χ2n) is 10.5. The van der Waals surface area contributed by atoms with Gasteiger partial charge >= 0.3 is 0 Å². The van der Waals surface area contributed by atoms with Crippen molar-refractivity contribution in [3.63, 3.8) is 0 Å². The van der Waals surface area contributed by atoms with Crippen LogP contribution < -0.4 is 15.4 Å². The van der Waals surface area contributed by atoms with Gasteiger partial charge in [0.1, 0.15) is 17.9 Å². The molecular weight excluding hydrogens is 488 g/mol. The number of amides is 2. The van der Waals surface area contributed by atoms with Crippen molar-refractivity contribution in [2.45, 2.75) is 116 Å². The number of phenolic OH excluding ortho intramolecular Hbond substituents is 1. The molecule has 0 aliphatic rings. The lowest BCUT2D eigenvalue weighted by Crippen LogP contribution is -2.21. The Hall–Kier alpha value is -3.02. The summed E-state index contributed by atoms with van der Waals surface area (Å²) < 4.78 is 5.93. The molecule has 0 atom stereocenters. The molecule has 6 nitrogen and oxygen atoms in total. The van der Waals surface area contributed by atoms with Crippen molar-refractivity contribution in [1.82, 2.24) is 0 Å². The zero-order chi connectivity index (χ0) is 28.0. The van der Waals surface area contributed by atoms with Crippen LogP contribution in [0, 0.1) is 0 Å². The van der Waals surface area contributed by atoms with Crippen LogP contribution >= 0.6 is 0 Å². The standard InChI is InChI=1S/C33H50N2O4/c1-2-3-4-5-6-7-8-9-10-11-12-13-14-15-16-19-26-39-31-21-18-17-20-30(31)35-33(38)27-32(37)34-28-22-24-29(36)25-23-28/h17-18,20-25,36H,2-16,19,26-27H2,1H3,(H,34,37)(H,35,38). The van der Waals surface area contributed by atoms with Crippen LogP contribution in [0.1, 0.15) is 116 Å². The predicted octanol–water partition coefficient (Wildman–Crippen LogP) is 9.00. The molecule has 0 unspecified atom stereocenters. The minimum Gasteiger partial charge on any atom is -0.508 e. The maximum absolute atomic E-state index is 12.4. The summed E-state index contributed by atoms with van der Waals surface area (Å²) >= 11 is 0. The van der Waals surface area contributed by atoms with Gasteiger partial charge in [-0.25, -0.2) is 0 Å². The average Bonchev–Trinajstić information content (AvgIpc) is 2.92. The zero-order valence-corrected chi connectivity index (χ0v) is 24.0. The van der Waals surface area contributed by atoms with Gasteiger partial charge in [0.05, 0.1) is 12.3 Å². The number of unbranched alkanes of at least 4 members (excludes halogenated alkanes) is 15. The van der Waals surface area contributed by atoms with E-state index in [1.165, 1.54) is 102 Å². The van der Waals surface area contributed by atoms with Gasteiger partial charge in [-0.05, 0) is 42.8 Å². The average molecular weight is 539 g/mol. The number of ether oxygens (including phenoxy) is 1. The summed E-state index contributed by atoms with van der Waals surface area (Å²) in [5.74, 6) is -0.109. The molecule has 0 aromatic heterocycles. The molecule has 216 valence electrons. The summed E-state index contributed by atoms with van der Waals surface area (Å²) in [5, 5.41) is 14.8. The van der Waals surface area contributed by atoms with Gasteiger partial charge in [0, 0.05) is 5.69 Å². The monoisotopic (exact) mass is 538 g/mol. The maximum atomic E-state index is 12.4. The molecule has 0 fully saturated rings. The molecule has 0 saturated heterocycles. The number of carbonyl (C=O) groups excluding carboxylic acids is 2. The van der Waals surface area contributed by atoms with E-state index in [2.05, 4.69) is 17.6 Å². The molecule has 0 spiro atoms. The topological polar surface area (TPSA) is 87.7 Å². The normalized spacial score (nSPS) is 10.8. The van der Waals surface area contributed by atoms with E-state index in [0.29, 0.717) is 23.7 Å². The van der Waals surface area contributed by atoms with Crippen molar-refractivity contribution in [2.24, 2.45) is 0 Å². The number of nitrogens with one attached hydrogen (secondary N) is 2. The molecule has 0 aliphatic carbocycles. The number of para-hydroxylation sites is 2. The molecule has 6 heteroatoms. The molecule has 2 rings (SSSR count). The van der Waals surface area contributed by atoms with Gasteiger partial charge in [-0.15, -0.1) is 0 Å². The van der Waals surface area contributed by atoms with Crippen LogP contribution in [0.15, 0.2) is 48.5 Å². The van der Waals surface area contributed by atoms with Gasteiger partial charge < -0.3 is 20.5 Å². The lowest BCUT2D eigenvalue weighted by Gasteiger charge is -2.12. The van der Waals surface area contributed by atoms with E-state index in [9.17, 15) is 14.7 Å². The molecule has 2 aromatic rings. The van der Waals surface area contributed by atoms with Crippen molar-refractivity contribution >= 4 is 23.2 Å². The summed E-state index contributed by atoms with van der Waals surface area (Å²) in [5.41, 5.74) is 1.09. The third-order valence-electron chi connectivity index (χ3n) is 6.89.